The molecule has 2 N–H and O–H groups in total. The molecule has 0 spiro atoms. The molecule has 31 heavy (non-hydrogen) atoms. The van der Waals surface area contributed by atoms with Gasteiger partial charge in [0.05, 0.1) is 6.54 Å². The molecule has 10 heteroatoms. The lowest BCUT2D eigenvalue weighted by Crippen LogP contribution is -2.44. The number of nitrogens with zero attached hydrogens (tertiary/aromatic N) is 4. The van der Waals surface area contributed by atoms with E-state index in [2.05, 4.69) is 20.9 Å². The lowest BCUT2D eigenvalue weighted by molar-refractivity contribution is -0.135. The Morgan fingerprint density at radius 3 is 2.65 bits per heavy atom. The summed E-state index contributed by atoms with van der Waals surface area (Å²) in [5, 5.41) is 13.9. The summed E-state index contributed by atoms with van der Waals surface area (Å²) in [6, 6.07) is 3.29. The zero-order chi connectivity index (χ0) is 22.5. The summed E-state index contributed by atoms with van der Waals surface area (Å²) >= 11 is 0. The summed E-state index contributed by atoms with van der Waals surface area (Å²) in [6.07, 6.45) is 2.09. The highest BCUT2D eigenvalue weighted by atomic mass is 16.5. The first kappa shape index (κ1) is 22.5. The van der Waals surface area contributed by atoms with Crippen molar-refractivity contribution in [1.29, 1.82) is 0 Å². The van der Waals surface area contributed by atoms with Gasteiger partial charge in [-0.3, -0.25) is 19.1 Å². The number of aryl methyl sites for hydroxylation is 3. The molecule has 0 saturated carbocycles. The van der Waals surface area contributed by atoms with Crippen LogP contribution in [0.4, 0.5) is 0 Å². The molecular formula is C21H30N6O4. The second kappa shape index (κ2) is 9.76. The number of rotatable bonds is 5. The maximum absolute atomic E-state index is 12.7. The minimum atomic E-state index is -0.421. The average molecular weight is 431 g/mol. The van der Waals surface area contributed by atoms with E-state index in [1.807, 2.05) is 6.92 Å². The van der Waals surface area contributed by atoms with Gasteiger partial charge in [-0.1, -0.05) is 11.6 Å². The van der Waals surface area contributed by atoms with Gasteiger partial charge in [-0.2, -0.15) is 5.10 Å². The monoisotopic (exact) mass is 430 g/mol. The zero-order valence-electron chi connectivity index (χ0n) is 18.5. The second-order valence-corrected chi connectivity index (χ2v) is 8.22. The number of amides is 3. The quantitative estimate of drug-likeness (QED) is 0.732. The highest BCUT2D eigenvalue weighted by Crippen LogP contribution is 2.19. The first-order valence-electron chi connectivity index (χ1n) is 10.5. The van der Waals surface area contributed by atoms with Crippen molar-refractivity contribution in [2.45, 2.75) is 52.1 Å². The van der Waals surface area contributed by atoms with E-state index in [9.17, 15) is 14.4 Å². The van der Waals surface area contributed by atoms with Gasteiger partial charge in [0.2, 0.25) is 11.8 Å². The maximum atomic E-state index is 12.7. The van der Waals surface area contributed by atoms with Crippen molar-refractivity contribution in [1.82, 2.24) is 30.5 Å². The van der Waals surface area contributed by atoms with E-state index in [1.165, 1.54) is 0 Å². The summed E-state index contributed by atoms with van der Waals surface area (Å²) in [5.74, 6) is -0.291. The number of hydrogen-bond donors (Lipinski definition) is 2. The predicted octanol–water partition coefficient (Wildman–Crippen LogP) is 1.09. The molecule has 0 aliphatic carbocycles. The third-order valence-electron chi connectivity index (χ3n) is 5.62. The molecule has 0 radical (unpaired) electrons. The van der Waals surface area contributed by atoms with Gasteiger partial charge in [-0.05, 0) is 32.8 Å². The summed E-state index contributed by atoms with van der Waals surface area (Å²) in [7, 11) is 3.48. The number of likely N-dealkylation sites (N-methyl/N-ethyl adjacent to an activating group) is 1. The van der Waals surface area contributed by atoms with Gasteiger partial charge in [0.1, 0.15) is 17.1 Å². The van der Waals surface area contributed by atoms with E-state index in [1.54, 1.807) is 42.7 Å². The molecular weight excluding hydrogens is 400 g/mol. The third-order valence-corrected chi connectivity index (χ3v) is 5.62. The van der Waals surface area contributed by atoms with Crippen LogP contribution in [0.5, 0.6) is 0 Å². The van der Waals surface area contributed by atoms with Crippen LogP contribution in [-0.4, -0.2) is 57.2 Å². The van der Waals surface area contributed by atoms with Gasteiger partial charge in [-0.15, -0.1) is 0 Å². The Bertz CT molecular complexity index is 930. The largest absolute Gasteiger partial charge is 0.361 e. The highest BCUT2D eigenvalue weighted by molar-refractivity contribution is 5.92. The number of hydrogen-bond acceptors (Lipinski definition) is 6. The maximum Gasteiger partial charge on any atom is 0.272 e. The molecule has 168 valence electrons. The van der Waals surface area contributed by atoms with Crippen molar-refractivity contribution < 1.29 is 18.9 Å². The van der Waals surface area contributed by atoms with E-state index < -0.39 is 5.92 Å². The van der Waals surface area contributed by atoms with Crippen molar-refractivity contribution in [3.8, 4) is 0 Å². The molecule has 1 aliphatic heterocycles. The van der Waals surface area contributed by atoms with Crippen molar-refractivity contribution in [3.05, 3.63) is 35.0 Å². The SMILES string of the molecule is Cc1cc(CNC(=O)[C@@H]2CCC[C@@H](NC(=O)c3cc(C)n(C)n3)CN(C)C(=O)C2)no1. The number of aromatic nitrogens is 3. The number of carbonyl (C=O) groups excluding carboxylic acids is 3. The molecule has 0 unspecified atom stereocenters. The molecule has 3 heterocycles. The third kappa shape index (κ3) is 5.93. The highest BCUT2D eigenvalue weighted by Gasteiger charge is 2.28. The van der Waals surface area contributed by atoms with E-state index >= 15 is 0 Å². The minimum absolute atomic E-state index is 0.118. The van der Waals surface area contributed by atoms with Gasteiger partial charge in [-0.25, -0.2) is 0 Å². The Morgan fingerprint density at radius 1 is 1.23 bits per heavy atom. The van der Waals surface area contributed by atoms with Crippen LogP contribution in [0.25, 0.3) is 0 Å². The fourth-order valence-corrected chi connectivity index (χ4v) is 3.70. The van der Waals surface area contributed by atoms with Gasteiger partial charge in [0.15, 0.2) is 0 Å². The van der Waals surface area contributed by atoms with E-state index in [-0.39, 0.29) is 36.7 Å². The second-order valence-electron chi connectivity index (χ2n) is 8.22. The van der Waals surface area contributed by atoms with Crippen LogP contribution < -0.4 is 10.6 Å². The first-order valence-corrected chi connectivity index (χ1v) is 10.5. The van der Waals surface area contributed by atoms with Crippen LogP contribution in [0, 0.1) is 19.8 Å². The van der Waals surface area contributed by atoms with Crippen molar-refractivity contribution >= 4 is 17.7 Å². The normalized spacial score (nSPS) is 20.0. The van der Waals surface area contributed by atoms with E-state index in [0.717, 1.165) is 5.69 Å². The molecule has 10 nitrogen and oxygen atoms in total. The van der Waals surface area contributed by atoms with Gasteiger partial charge < -0.3 is 20.1 Å². The van der Waals surface area contributed by atoms with Crippen LogP contribution in [0.2, 0.25) is 0 Å². The molecule has 2 atom stereocenters. The smallest absolute Gasteiger partial charge is 0.272 e. The van der Waals surface area contributed by atoms with Gasteiger partial charge in [0.25, 0.3) is 5.91 Å². The minimum Gasteiger partial charge on any atom is -0.361 e. The first-order chi connectivity index (χ1) is 14.7. The Balaban J connectivity index is 1.58. The van der Waals surface area contributed by atoms with Crippen LogP contribution in [0.1, 0.15) is 53.3 Å². The molecule has 2 aromatic rings. The standard InChI is InChI=1S/C21H30N6O4/c1-13-8-18(24-27(13)4)21(30)23-16-7-5-6-15(10-19(28)26(3)12-16)20(29)22-11-17-9-14(2)31-25-17/h8-9,15-16H,5-7,10-12H2,1-4H3,(H,22,29)(H,23,30)/t15-,16-/m1/s1. The molecule has 2 aromatic heterocycles. The summed E-state index contributed by atoms with van der Waals surface area (Å²) < 4.78 is 6.66. The van der Waals surface area contributed by atoms with Crippen molar-refractivity contribution in [2.75, 3.05) is 13.6 Å². The van der Waals surface area contributed by atoms with Crippen LogP contribution in [0.3, 0.4) is 0 Å². The van der Waals surface area contributed by atoms with Gasteiger partial charge >= 0.3 is 0 Å². The molecule has 0 aromatic carbocycles. The Kier molecular flexibility index (Phi) is 7.09. The average Bonchev–Trinajstić information content (AvgIpc) is 3.30. The summed E-state index contributed by atoms with van der Waals surface area (Å²) in [4.78, 5) is 39.5. The fourth-order valence-electron chi connectivity index (χ4n) is 3.70. The molecule has 3 amide bonds. The Morgan fingerprint density at radius 2 is 2.00 bits per heavy atom. The molecule has 0 bridgehead atoms. The van der Waals surface area contributed by atoms with Crippen LogP contribution >= 0.6 is 0 Å². The fraction of sp³-hybridized carbons (Fsp3) is 0.571. The molecule has 3 rings (SSSR count). The van der Waals surface area contributed by atoms with Gasteiger partial charge in [0, 0.05) is 50.8 Å². The molecule has 1 saturated heterocycles. The Labute approximate surface area is 181 Å². The predicted molar refractivity (Wildman–Crippen MR) is 112 cm³/mol. The van der Waals surface area contributed by atoms with Crippen LogP contribution in [-0.2, 0) is 23.2 Å². The van der Waals surface area contributed by atoms with Crippen molar-refractivity contribution in [3.63, 3.8) is 0 Å². The topological polar surface area (TPSA) is 122 Å². The van der Waals surface area contributed by atoms with Crippen molar-refractivity contribution in [2.24, 2.45) is 13.0 Å². The molecule has 1 aliphatic rings. The zero-order valence-corrected chi connectivity index (χ0v) is 18.5. The molecule has 1 fully saturated rings. The number of nitrogens with one attached hydrogen (secondary N) is 2. The lowest BCUT2D eigenvalue weighted by Gasteiger charge is -2.24. The van der Waals surface area contributed by atoms with E-state index in [0.29, 0.717) is 43.0 Å². The summed E-state index contributed by atoms with van der Waals surface area (Å²) in [5.41, 5.74) is 1.89. The van der Waals surface area contributed by atoms with Crippen LogP contribution in [0.15, 0.2) is 16.7 Å². The summed E-state index contributed by atoms with van der Waals surface area (Å²) in [6.45, 7) is 4.32. The van der Waals surface area contributed by atoms with E-state index in [4.69, 9.17) is 4.52 Å². The lowest BCUT2D eigenvalue weighted by atomic mass is 9.96. The Hall–Kier alpha value is -3.17. The number of carbonyl (C=O) groups is 3.